The number of carbonyl (C=O) groups is 2. The fourth-order valence-electron chi connectivity index (χ4n) is 3.14. The summed E-state index contributed by atoms with van der Waals surface area (Å²) < 4.78 is 0. The Bertz CT molecular complexity index is 835. The van der Waals surface area contributed by atoms with E-state index in [-0.39, 0.29) is 17.9 Å². The molecule has 0 saturated heterocycles. The lowest BCUT2D eigenvalue weighted by atomic mass is 10.1. The quantitative estimate of drug-likeness (QED) is 0.661. The first-order chi connectivity index (χ1) is 13.8. The van der Waals surface area contributed by atoms with Crippen molar-refractivity contribution < 1.29 is 9.59 Å². The maximum absolute atomic E-state index is 13.0. The summed E-state index contributed by atoms with van der Waals surface area (Å²) in [5, 5.41) is 2.92. The second kappa shape index (κ2) is 11.1. The summed E-state index contributed by atoms with van der Waals surface area (Å²) in [4.78, 5) is 27.3. The Balaban J connectivity index is 2.07. The Morgan fingerprint density at radius 1 is 0.966 bits per heavy atom. The number of amides is 2. The first kappa shape index (κ1) is 23.0. The van der Waals surface area contributed by atoms with Crippen LogP contribution in [-0.4, -0.2) is 34.6 Å². The van der Waals surface area contributed by atoms with Gasteiger partial charge in [-0.1, -0.05) is 59.7 Å². The Morgan fingerprint density at radius 3 is 2.14 bits per heavy atom. The number of carbonyl (C=O) groups excluding carboxylic acids is 2. The molecule has 0 aliphatic rings. The summed E-state index contributed by atoms with van der Waals surface area (Å²) in [6.45, 7) is 10.2. The van der Waals surface area contributed by atoms with Gasteiger partial charge in [0.05, 0.1) is 5.75 Å². The Hall–Kier alpha value is -2.27. The SMILES string of the molecule is Cc1cccc(CSCC(=O)N(Cc2cccc(C)c2)[C@@H](C)C(=O)NC(C)C)c1. The van der Waals surface area contributed by atoms with Gasteiger partial charge in [0.15, 0.2) is 0 Å². The molecule has 0 aliphatic carbocycles. The molecule has 0 fully saturated rings. The summed E-state index contributed by atoms with van der Waals surface area (Å²) >= 11 is 1.59. The van der Waals surface area contributed by atoms with E-state index in [1.54, 1.807) is 23.6 Å². The van der Waals surface area contributed by atoms with Gasteiger partial charge in [-0.3, -0.25) is 9.59 Å². The summed E-state index contributed by atoms with van der Waals surface area (Å²) in [6, 6.07) is 15.9. The summed E-state index contributed by atoms with van der Waals surface area (Å²) in [5.41, 5.74) is 4.60. The van der Waals surface area contributed by atoms with Crippen molar-refractivity contribution in [2.75, 3.05) is 5.75 Å². The second-order valence-electron chi connectivity index (χ2n) is 7.83. The number of aryl methyl sites for hydroxylation is 2. The van der Waals surface area contributed by atoms with Crippen LogP contribution in [-0.2, 0) is 21.9 Å². The number of nitrogens with zero attached hydrogens (tertiary/aromatic N) is 1. The van der Waals surface area contributed by atoms with Crippen LogP contribution in [0.15, 0.2) is 48.5 Å². The average molecular weight is 413 g/mol. The minimum absolute atomic E-state index is 0.0180. The van der Waals surface area contributed by atoms with E-state index in [1.165, 1.54) is 11.1 Å². The predicted molar refractivity (Wildman–Crippen MR) is 122 cm³/mol. The van der Waals surface area contributed by atoms with Gasteiger partial charge in [0.25, 0.3) is 0 Å². The molecule has 0 heterocycles. The van der Waals surface area contributed by atoms with E-state index >= 15 is 0 Å². The van der Waals surface area contributed by atoms with Crippen molar-refractivity contribution in [2.24, 2.45) is 0 Å². The number of rotatable bonds is 9. The van der Waals surface area contributed by atoms with Gasteiger partial charge in [-0.25, -0.2) is 0 Å². The van der Waals surface area contributed by atoms with E-state index in [0.717, 1.165) is 16.9 Å². The summed E-state index contributed by atoms with van der Waals surface area (Å²) in [6.07, 6.45) is 0. The van der Waals surface area contributed by atoms with Gasteiger partial charge in [0.2, 0.25) is 11.8 Å². The lowest BCUT2D eigenvalue weighted by Crippen LogP contribution is -2.49. The Morgan fingerprint density at radius 2 is 1.55 bits per heavy atom. The van der Waals surface area contributed by atoms with Crippen molar-refractivity contribution in [3.8, 4) is 0 Å². The standard InChI is InChI=1S/C24H32N2O2S/c1-17(2)25-24(28)20(5)26(14-21-10-6-8-18(3)12-21)23(27)16-29-15-22-11-7-9-19(4)13-22/h6-13,17,20H,14-16H2,1-5H3,(H,25,28)/t20-/m0/s1. The minimum Gasteiger partial charge on any atom is -0.352 e. The normalized spacial score (nSPS) is 11.9. The molecule has 0 radical (unpaired) electrons. The van der Waals surface area contributed by atoms with Gasteiger partial charge in [0, 0.05) is 18.3 Å². The monoisotopic (exact) mass is 412 g/mol. The minimum atomic E-state index is -0.523. The molecule has 29 heavy (non-hydrogen) atoms. The third-order valence-corrected chi connectivity index (χ3v) is 5.60. The molecule has 156 valence electrons. The molecule has 4 nitrogen and oxygen atoms in total. The van der Waals surface area contributed by atoms with Crippen LogP contribution in [0.1, 0.15) is 43.0 Å². The zero-order chi connectivity index (χ0) is 21.4. The molecule has 0 unspecified atom stereocenters. The molecule has 5 heteroatoms. The van der Waals surface area contributed by atoms with Crippen LogP contribution in [0.25, 0.3) is 0 Å². The third-order valence-electron chi connectivity index (χ3n) is 4.61. The molecule has 2 aromatic rings. The molecule has 0 aromatic heterocycles. The highest BCUT2D eigenvalue weighted by atomic mass is 32.2. The van der Waals surface area contributed by atoms with E-state index in [9.17, 15) is 9.59 Å². The van der Waals surface area contributed by atoms with E-state index in [4.69, 9.17) is 0 Å². The van der Waals surface area contributed by atoms with Gasteiger partial charge in [0.1, 0.15) is 6.04 Å². The lowest BCUT2D eigenvalue weighted by Gasteiger charge is -2.29. The van der Waals surface area contributed by atoms with Crippen molar-refractivity contribution in [2.45, 2.75) is 59.0 Å². The molecule has 0 saturated carbocycles. The van der Waals surface area contributed by atoms with Crippen LogP contribution < -0.4 is 5.32 Å². The van der Waals surface area contributed by atoms with Crippen LogP contribution in [0.3, 0.4) is 0 Å². The molecule has 2 aromatic carbocycles. The summed E-state index contributed by atoms with van der Waals surface area (Å²) in [5.74, 6) is 0.984. The van der Waals surface area contributed by atoms with Gasteiger partial charge in [-0.05, 0) is 45.7 Å². The van der Waals surface area contributed by atoms with Crippen molar-refractivity contribution in [1.29, 1.82) is 0 Å². The van der Waals surface area contributed by atoms with Crippen molar-refractivity contribution in [3.05, 3.63) is 70.8 Å². The number of benzene rings is 2. The molecule has 1 N–H and O–H groups in total. The third kappa shape index (κ3) is 7.58. The van der Waals surface area contributed by atoms with Gasteiger partial charge >= 0.3 is 0 Å². The van der Waals surface area contributed by atoms with Crippen LogP contribution in [0.4, 0.5) is 0 Å². The predicted octanol–water partition coefficient (Wildman–Crippen LogP) is 4.48. The Kier molecular flexibility index (Phi) is 8.77. The maximum atomic E-state index is 13.0. The highest BCUT2D eigenvalue weighted by Gasteiger charge is 2.26. The maximum Gasteiger partial charge on any atom is 0.242 e. The zero-order valence-electron chi connectivity index (χ0n) is 18.1. The van der Waals surface area contributed by atoms with E-state index in [0.29, 0.717) is 12.3 Å². The largest absolute Gasteiger partial charge is 0.352 e. The van der Waals surface area contributed by atoms with E-state index in [1.807, 2.05) is 45.0 Å². The molecule has 1 atom stereocenters. The second-order valence-corrected chi connectivity index (χ2v) is 8.82. The van der Waals surface area contributed by atoms with Crippen LogP contribution in [0.5, 0.6) is 0 Å². The topological polar surface area (TPSA) is 49.4 Å². The van der Waals surface area contributed by atoms with Gasteiger partial charge in [-0.2, -0.15) is 0 Å². The van der Waals surface area contributed by atoms with Crippen LogP contribution in [0.2, 0.25) is 0 Å². The highest BCUT2D eigenvalue weighted by molar-refractivity contribution is 7.99. The molecule has 2 amide bonds. The highest BCUT2D eigenvalue weighted by Crippen LogP contribution is 2.17. The first-order valence-electron chi connectivity index (χ1n) is 10.0. The zero-order valence-corrected chi connectivity index (χ0v) is 18.9. The van der Waals surface area contributed by atoms with Crippen molar-refractivity contribution >= 4 is 23.6 Å². The van der Waals surface area contributed by atoms with Gasteiger partial charge in [-0.15, -0.1) is 11.8 Å². The number of hydrogen-bond acceptors (Lipinski definition) is 3. The molecular formula is C24H32N2O2S. The number of hydrogen-bond donors (Lipinski definition) is 1. The van der Waals surface area contributed by atoms with Crippen molar-refractivity contribution in [1.82, 2.24) is 10.2 Å². The molecular weight excluding hydrogens is 380 g/mol. The fourth-order valence-corrected chi connectivity index (χ4v) is 3.99. The number of nitrogens with one attached hydrogen (secondary N) is 1. The van der Waals surface area contributed by atoms with Gasteiger partial charge < -0.3 is 10.2 Å². The molecule has 2 rings (SSSR count). The first-order valence-corrected chi connectivity index (χ1v) is 11.2. The van der Waals surface area contributed by atoms with E-state index < -0.39 is 6.04 Å². The summed E-state index contributed by atoms with van der Waals surface area (Å²) in [7, 11) is 0. The van der Waals surface area contributed by atoms with Crippen LogP contribution in [0, 0.1) is 13.8 Å². The average Bonchev–Trinajstić information content (AvgIpc) is 2.65. The molecule has 0 aliphatic heterocycles. The van der Waals surface area contributed by atoms with E-state index in [2.05, 4.69) is 36.5 Å². The Labute approximate surface area is 179 Å². The van der Waals surface area contributed by atoms with Crippen LogP contribution >= 0.6 is 11.8 Å². The lowest BCUT2D eigenvalue weighted by molar-refractivity contribution is -0.138. The fraction of sp³-hybridized carbons (Fsp3) is 0.417. The molecule has 0 spiro atoms. The smallest absolute Gasteiger partial charge is 0.242 e. The van der Waals surface area contributed by atoms with Crippen molar-refractivity contribution in [3.63, 3.8) is 0 Å². The molecule has 0 bridgehead atoms. The number of thioether (sulfide) groups is 1.